The molecule has 1 heterocycles. The number of para-hydroxylation sites is 1. The van der Waals surface area contributed by atoms with E-state index < -0.39 is 0 Å². The predicted octanol–water partition coefficient (Wildman–Crippen LogP) is 4.26. The Morgan fingerprint density at radius 2 is 2.00 bits per heavy atom. The second kappa shape index (κ2) is 6.94. The first-order chi connectivity index (χ1) is 10.1. The highest BCUT2D eigenvalue weighted by Gasteiger charge is 2.30. The van der Waals surface area contributed by atoms with Crippen LogP contribution in [0.1, 0.15) is 33.6 Å². The SMILES string of the molecule is CCC[C@H]1N=C(SC)N(c2ccccc2)C(C)=C1C(C)=O. The average molecular weight is 302 g/mol. The maximum atomic E-state index is 12.1. The third-order valence-electron chi connectivity index (χ3n) is 3.65. The van der Waals surface area contributed by atoms with E-state index in [1.165, 1.54) is 0 Å². The Kier molecular flexibility index (Phi) is 5.23. The number of amidine groups is 1. The lowest BCUT2D eigenvalue weighted by Crippen LogP contribution is -2.36. The Labute approximate surface area is 131 Å². The van der Waals surface area contributed by atoms with Crippen molar-refractivity contribution in [1.29, 1.82) is 0 Å². The Balaban J connectivity index is 2.53. The average Bonchev–Trinajstić information content (AvgIpc) is 2.47. The minimum absolute atomic E-state index is 0.00471. The molecule has 0 unspecified atom stereocenters. The zero-order valence-corrected chi connectivity index (χ0v) is 13.9. The predicted molar refractivity (Wildman–Crippen MR) is 91.9 cm³/mol. The molecule has 1 atom stereocenters. The molecular formula is C17H22N2OS. The summed E-state index contributed by atoms with van der Waals surface area (Å²) in [5.41, 5.74) is 2.90. The second-order valence-corrected chi connectivity index (χ2v) is 5.92. The van der Waals surface area contributed by atoms with E-state index in [9.17, 15) is 4.79 Å². The van der Waals surface area contributed by atoms with E-state index in [2.05, 4.69) is 11.8 Å². The zero-order valence-electron chi connectivity index (χ0n) is 13.1. The fourth-order valence-electron chi connectivity index (χ4n) is 2.76. The number of hydrogen-bond donors (Lipinski definition) is 0. The van der Waals surface area contributed by atoms with Gasteiger partial charge in [-0.25, -0.2) is 0 Å². The van der Waals surface area contributed by atoms with Crippen molar-refractivity contribution in [2.45, 2.75) is 39.7 Å². The van der Waals surface area contributed by atoms with Gasteiger partial charge in [-0.2, -0.15) is 0 Å². The van der Waals surface area contributed by atoms with Gasteiger partial charge < -0.3 is 0 Å². The molecule has 1 aromatic carbocycles. The number of nitrogens with zero attached hydrogens (tertiary/aromatic N) is 2. The lowest BCUT2D eigenvalue weighted by atomic mass is 9.96. The molecule has 2 rings (SSSR count). The summed E-state index contributed by atoms with van der Waals surface area (Å²) < 4.78 is 0. The van der Waals surface area contributed by atoms with Crippen LogP contribution in [0.15, 0.2) is 46.6 Å². The Morgan fingerprint density at radius 3 is 2.52 bits per heavy atom. The molecular weight excluding hydrogens is 280 g/mol. The van der Waals surface area contributed by atoms with Crippen molar-refractivity contribution in [1.82, 2.24) is 0 Å². The first-order valence-corrected chi connectivity index (χ1v) is 8.51. The quantitative estimate of drug-likeness (QED) is 0.833. The van der Waals surface area contributed by atoms with E-state index in [1.54, 1.807) is 18.7 Å². The van der Waals surface area contributed by atoms with E-state index in [0.29, 0.717) is 0 Å². The molecule has 0 aliphatic carbocycles. The van der Waals surface area contributed by atoms with Crippen LogP contribution in [0.25, 0.3) is 0 Å². The van der Waals surface area contributed by atoms with Crippen molar-refractivity contribution in [2.24, 2.45) is 4.99 Å². The molecule has 1 aliphatic heterocycles. The highest BCUT2D eigenvalue weighted by molar-refractivity contribution is 8.13. The van der Waals surface area contributed by atoms with Crippen molar-refractivity contribution in [3.8, 4) is 0 Å². The number of rotatable bonds is 4. The maximum Gasteiger partial charge on any atom is 0.168 e. The molecule has 112 valence electrons. The molecule has 0 bridgehead atoms. The maximum absolute atomic E-state index is 12.1. The Morgan fingerprint density at radius 1 is 1.33 bits per heavy atom. The molecule has 4 heteroatoms. The number of allylic oxidation sites excluding steroid dienone is 1. The molecule has 3 nitrogen and oxygen atoms in total. The van der Waals surface area contributed by atoms with Gasteiger partial charge in [0.05, 0.1) is 6.04 Å². The van der Waals surface area contributed by atoms with E-state index >= 15 is 0 Å². The van der Waals surface area contributed by atoms with Crippen LogP contribution >= 0.6 is 11.8 Å². The molecule has 0 aromatic heterocycles. The summed E-state index contributed by atoms with van der Waals surface area (Å²) in [6.45, 7) is 5.80. The lowest BCUT2D eigenvalue weighted by molar-refractivity contribution is -0.113. The minimum Gasteiger partial charge on any atom is -0.295 e. The van der Waals surface area contributed by atoms with Gasteiger partial charge in [0.25, 0.3) is 0 Å². The van der Waals surface area contributed by atoms with Crippen LogP contribution in [0.2, 0.25) is 0 Å². The number of Topliss-reactive ketones (excluding diaryl/α,β-unsaturated/α-hetero) is 1. The summed E-state index contributed by atoms with van der Waals surface area (Å²) in [5.74, 6) is 0.121. The summed E-state index contributed by atoms with van der Waals surface area (Å²) in [7, 11) is 0. The fourth-order valence-corrected chi connectivity index (χ4v) is 3.42. The van der Waals surface area contributed by atoms with Crippen molar-refractivity contribution in [2.75, 3.05) is 11.2 Å². The first-order valence-electron chi connectivity index (χ1n) is 7.28. The highest BCUT2D eigenvalue weighted by Crippen LogP contribution is 2.32. The number of anilines is 1. The zero-order chi connectivity index (χ0) is 15.4. The van der Waals surface area contributed by atoms with Crippen molar-refractivity contribution in [3.05, 3.63) is 41.6 Å². The van der Waals surface area contributed by atoms with E-state index in [-0.39, 0.29) is 11.8 Å². The smallest absolute Gasteiger partial charge is 0.168 e. The number of thioether (sulfide) groups is 1. The number of hydrogen-bond acceptors (Lipinski definition) is 4. The van der Waals surface area contributed by atoms with Gasteiger partial charge in [0.1, 0.15) is 0 Å². The van der Waals surface area contributed by atoms with E-state index in [0.717, 1.165) is 35.0 Å². The van der Waals surface area contributed by atoms with Crippen LogP contribution in [0.3, 0.4) is 0 Å². The van der Waals surface area contributed by atoms with Crippen molar-refractivity contribution >= 4 is 28.4 Å². The standard InChI is InChI=1S/C17H22N2OS/c1-5-9-15-16(13(3)20)12(2)19(17(18-15)21-4)14-10-7-6-8-11-14/h6-8,10-11,15H,5,9H2,1-4H3/t15-/m1/s1. The number of ketones is 1. The van der Waals surface area contributed by atoms with E-state index in [1.807, 2.05) is 43.5 Å². The highest BCUT2D eigenvalue weighted by atomic mass is 32.2. The third-order valence-corrected chi connectivity index (χ3v) is 4.31. The third kappa shape index (κ3) is 3.21. The summed E-state index contributed by atoms with van der Waals surface area (Å²) in [6, 6.07) is 10.1. The molecule has 0 fully saturated rings. The van der Waals surface area contributed by atoms with Gasteiger partial charge >= 0.3 is 0 Å². The van der Waals surface area contributed by atoms with Gasteiger partial charge in [-0.15, -0.1) is 0 Å². The minimum atomic E-state index is -0.00471. The first kappa shape index (κ1) is 15.8. The van der Waals surface area contributed by atoms with Gasteiger partial charge in [0.2, 0.25) is 0 Å². The molecule has 0 N–H and O–H groups in total. The number of carbonyl (C=O) groups is 1. The normalized spacial score (nSPS) is 18.8. The summed E-state index contributed by atoms with van der Waals surface area (Å²) >= 11 is 1.63. The molecule has 21 heavy (non-hydrogen) atoms. The molecule has 1 aliphatic rings. The topological polar surface area (TPSA) is 32.7 Å². The van der Waals surface area contributed by atoms with Gasteiger partial charge in [0, 0.05) is 17.0 Å². The lowest BCUT2D eigenvalue weighted by Gasteiger charge is -2.34. The summed E-state index contributed by atoms with van der Waals surface area (Å²) in [4.78, 5) is 19.0. The van der Waals surface area contributed by atoms with Gasteiger partial charge in [-0.05, 0) is 38.7 Å². The number of aliphatic imine (C=N–C) groups is 1. The van der Waals surface area contributed by atoms with Crippen LogP contribution in [0.5, 0.6) is 0 Å². The van der Waals surface area contributed by atoms with Gasteiger partial charge in [-0.1, -0.05) is 43.3 Å². The second-order valence-electron chi connectivity index (χ2n) is 5.15. The number of carbonyl (C=O) groups excluding carboxylic acids is 1. The molecule has 0 radical (unpaired) electrons. The van der Waals surface area contributed by atoms with Crippen LogP contribution in [0, 0.1) is 0 Å². The van der Waals surface area contributed by atoms with Crippen molar-refractivity contribution in [3.63, 3.8) is 0 Å². The van der Waals surface area contributed by atoms with Gasteiger partial charge in [-0.3, -0.25) is 14.7 Å². The van der Waals surface area contributed by atoms with Crippen LogP contribution in [0.4, 0.5) is 5.69 Å². The van der Waals surface area contributed by atoms with Gasteiger partial charge in [0.15, 0.2) is 11.0 Å². The van der Waals surface area contributed by atoms with Crippen LogP contribution in [-0.4, -0.2) is 23.2 Å². The molecule has 1 aromatic rings. The number of benzene rings is 1. The fraction of sp³-hybridized carbons (Fsp3) is 0.412. The molecule has 0 saturated carbocycles. The summed E-state index contributed by atoms with van der Waals surface area (Å²) in [6.07, 6.45) is 3.97. The van der Waals surface area contributed by atoms with E-state index in [4.69, 9.17) is 4.99 Å². The molecule has 0 saturated heterocycles. The summed E-state index contributed by atoms with van der Waals surface area (Å²) in [5, 5.41) is 0.960. The molecule has 0 spiro atoms. The van der Waals surface area contributed by atoms with Crippen molar-refractivity contribution < 1.29 is 4.79 Å². The monoisotopic (exact) mass is 302 g/mol. The Hall–Kier alpha value is -1.55. The largest absolute Gasteiger partial charge is 0.295 e. The Bertz CT molecular complexity index is 578. The van der Waals surface area contributed by atoms with Crippen LogP contribution in [-0.2, 0) is 4.79 Å². The molecule has 0 amide bonds. The van der Waals surface area contributed by atoms with Crippen LogP contribution < -0.4 is 4.90 Å².